The molecule has 6 nitrogen and oxygen atoms in total. The third-order valence-corrected chi connectivity index (χ3v) is 6.35. The molecule has 21 heavy (non-hydrogen) atoms. The third-order valence-electron chi connectivity index (χ3n) is 2.61. The summed E-state index contributed by atoms with van der Waals surface area (Å²) in [4.78, 5) is 7.87. The van der Waals surface area contributed by atoms with Gasteiger partial charge in [0.1, 0.15) is 0 Å². The summed E-state index contributed by atoms with van der Waals surface area (Å²) in [5.74, 6) is -0.0636. The minimum absolute atomic E-state index is 0.0295. The average molecular weight is 325 g/mol. The minimum Gasteiger partial charge on any atom is -0.261 e. The van der Waals surface area contributed by atoms with Crippen molar-refractivity contribution < 1.29 is 12.6 Å². The first-order valence-electron chi connectivity index (χ1n) is 6.06. The monoisotopic (exact) mass is 325 g/mol. The van der Waals surface area contributed by atoms with Crippen LogP contribution in [0.4, 0.5) is 0 Å². The van der Waals surface area contributed by atoms with Gasteiger partial charge in [-0.2, -0.15) is 8.42 Å². The van der Waals surface area contributed by atoms with Crippen LogP contribution in [0.3, 0.4) is 0 Å². The van der Waals surface area contributed by atoms with Crippen LogP contribution in [0.15, 0.2) is 51.5 Å². The largest absolute Gasteiger partial charge is 0.290 e. The molecule has 0 spiro atoms. The fraction of sp³-hybridized carbons (Fsp3) is 0.231. The molecule has 1 aromatic carbocycles. The van der Waals surface area contributed by atoms with Crippen molar-refractivity contribution in [1.82, 2.24) is 9.97 Å². The van der Waals surface area contributed by atoms with E-state index >= 15 is 0 Å². The van der Waals surface area contributed by atoms with E-state index in [4.69, 9.17) is 0 Å². The molecule has 1 heterocycles. The first kappa shape index (κ1) is 15.6. The second-order valence-corrected chi connectivity index (χ2v) is 8.89. The van der Waals surface area contributed by atoms with Gasteiger partial charge in [-0.3, -0.25) is 9.97 Å². The Balaban J connectivity index is 2.36. The van der Waals surface area contributed by atoms with Crippen molar-refractivity contribution in [2.45, 2.75) is 17.6 Å². The van der Waals surface area contributed by atoms with Crippen LogP contribution >= 0.6 is 0 Å². The molecule has 1 atom stereocenters. The molecule has 8 heteroatoms. The maximum atomic E-state index is 12.4. The summed E-state index contributed by atoms with van der Waals surface area (Å²) in [6.45, 7) is 1.85. The number of aromatic nitrogens is 2. The molecule has 112 valence electrons. The Bertz CT molecular complexity index is 838. The highest BCUT2D eigenvalue weighted by Gasteiger charge is 2.16. The van der Waals surface area contributed by atoms with Gasteiger partial charge >= 0.3 is 0 Å². The zero-order valence-electron chi connectivity index (χ0n) is 11.6. The molecule has 0 saturated heterocycles. The summed E-state index contributed by atoms with van der Waals surface area (Å²) in [7, 11) is -6.92. The van der Waals surface area contributed by atoms with Gasteiger partial charge in [0.05, 0.1) is 26.1 Å². The van der Waals surface area contributed by atoms with Gasteiger partial charge < -0.3 is 0 Å². The predicted molar refractivity (Wildman–Crippen MR) is 80.6 cm³/mol. The molecule has 0 saturated carbocycles. The van der Waals surface area contributed by atoms with E-state index in [-0.39, 0.29) is 10.6 Å². The van der Waals surface area contributed by atoms with E-state index < -0.39 is 19.8 Å². The summed E-state index contributed by atoms with van der Waals surface area (Å²) in [6.07, 6.45) is 5.69. The molecular formula is C13H15N3O3S2. The van der Waals surface area contributed by atoms with Crippen molar-refractivity contribution in [3.05, 3.63) is 54.1 Å². The number of aryl methyl sites for hydroxylation is 1. The lowest BCUT2D eigenvalue weighted by molar-refractivity contribution is 0.598. The summed E-state index contributed by atoms with van der Waals surface area (Å²) >= 11 is 0. The maximum absolute atomic E-state index is 12.4. The lowest BCUT2D eigenvalue weighted by Crippen LogP contribution is -2.08. The number of hydrogen-bond acceptors (Lipinski definition) is 5. The van der Waals surface area contributed by atoms with Crippen LogP contribution in [0, 0.1) is 6.92 Å². The normalized spacial score (nSPS) is 14.4. The topological polar surface area (TPSA) is 89.4 Å². The van der Waals surface area contributed by atoms with E-state index in [1.165, 1.54) is 37.0 Å². The van der Waals surface area contributed by atoms with E-state index in [0.717, 1.165) is 5.56 Å². The zero-order chi connectivity index (χ0) is 15.5. The second-order valence-electron chi connectivity index (χ2n) is 4.66. The summed E-state index contributed by atoms with van der Waals surface area (Å²) in [6, 6.07) is 6.24. The van der Waals surface area contributed by atoms with Crippen LogP contribution in [-0.2, 0) is 25.5 Å². The molecule has 0 aliphatic heterocycles. The van der Waals surface area contributed by atoms with Gasteiger partial charge in [-0.25, -0.2) is 4.21 Å². The first-order chi connectivity index (χ1) is 9.78. The molecule has 0 amide bonds. The summed E-state index contributed by atoms with van der Waals surface area (Å²) in [5.41, 5.74) is 1.37. The Hall–Kier alpha value is -1.80. The fourth-order valence-electron chi connectivity index (χ4n) is 1.67. The quantitative estimate of drug-likeness (QED) is 0.854. The Morgan fingerprint density at radius 2 is 1.76 bits per heavy atom. The van der Waals surface area contributed by atoms with Crippen LogP contribution < -0.4 is 0 Å². The molecule has 0 aliphatic rings. The Morgan fingerprint density at radius 1 is 1.10 bits per heavy atom. The number of sulfonamides is 1. The van der Waals surface area contributed by atoms with Crippen LogP contribution in [0.25, 0.3) is 0 Å². The van der Waals surface area contributed by atoms with Gasteiger partial charge in [-0.15, -0.1) is 3.77 Å². The zero-order valence-corrected chi connectivity index (χ0v) is 13.3. The maximum Gasteiger partial charge on any atom is 0.290 e. The van der Waals surface area contributed by atoms with E-state index in [2.05, 4.69) is 13.7 Å². The van der Waals surface area contributed by atoms with E-state index in [1.54, 1.807) is 12.1 Å². The lowest BCUT2D eigenvalue weighted by atomic mass is 10.2. The number of rotatable bonds is 4. The van der Waals surface area contributed by atoms with E-state index in [9.17, 15) is 12.6 Å². The van der Waals surface area contributed by atoms with Gasteiger partial charge in [0.15, 0.2) is 0 Å². The van der Waals surface area contributed by atoms with Crippen molar-refractivity contribution in [3.63, 3.8) is 0 Å². The molecule has 2 aromatic rings. The molecule has 0 fully saturated rings. The molecule has 1 unspecified atom stereocenters. The van der Waals surface area contributed by atoms with Gasteiger partial charge in [-0.1, -0.05) is 17.7 Å². The number of benzene rings is 1. The molecule has 1 aromatic heterocycles. The second kappa shape index (κ2) is 5.90. The Labute approximate surface area is 124 Å². The SMILES string of the molecule is Cc1ccc(S(=O)(=O)N=S(C)(=O)Cc2cnccn2)cc1. The fourth-order valence-corrected chi connectivity index (χ4v) is 5.06. The summed E-state index contributed by atoms with van der Waals surface area (Å²) < 4.78 is 40.3. The highest BCUT2D eigenvalue weighted by molar-refractivity contribution is 8.02. The minimum atomic E-state index is -3.95. The average Bonchev–Trinajstić information content (AvgIpc) is 2.38. The van der Waals surface area contributed by atoms with Crippen molar-refractivity contribution in [2.24, 2.45) is 3.77 Å². The van der Waals surface area contributed by atoms with Crippen LogP contribution in [0.1, 0.15) is 11.3 Å². The predicted octanol–water partition coefficient (Wildman–Crippen LogP) is 1.77. The standard InChI is InChI=1S/C13H15N3O3S2/c1-11-3-5-13(6-4-11)21(18,19)16-20(2,17)10-12-9-14-7-8-15-12/h3-9H,10H2,1-2H3. The molecule has 0 radical (unpaired) electrons. The van der Waals surface area contributed by atoms with Crippen LogP contribution in [0.5, 0.6) is 0 Å². The van der Waals surface area contributed by atoms with Crippen LogP contribution in [0.2, 0.25) is 0 Å². The van der Waals surface area contributed by atoms with Crippen molar-refractivity contribution in [2.75, 3.05) is 6.26 Å². The highest BCUT2D eigenvalue weighted by atomic mass is 32.3. The van der Waals surface area contributed by atoms with Gasteiger partial charge in [0.2, 0.25) is 0 Å². The first-order valence-corrected chi connectivity index (χ1v) is 9.59. The Kier molecular flexibility index (Phi) is 4.38. The lowest BCUT2D eigenvalue weighted by Gasteiger charge is -2.04. The molecule has 0 aliphatic carbocycles. The van der Waals surface area contributed by atoms with Gasteiger partial charge in [0, 0.05) is 24.8 Å². The molecule has 2 rings (SSSR count). The van der Waals surface area contributed by atoms with E-state index in [0.29, 0.717) is 5.69 Å². The smallest absolute Gasteiger partial charge is 0.261 e. The van der Waals surface area contributed by atoms with Crippen LogP contribution in [-0.4, -0.2) is 28.9 Å². The van der Waals surface area contributed by atoms with Crippen molar-refractivity contribution >= 4 is 19.8 Å². The van der Waals surface area contributed by atoms with Crippen molar-refractivity contribution in [3.8, 4) is 0 Å². The van der Waals surface area contributed by atoms with E-state index in [1.807, 2.05) is 6.92 Å². The number of hydrogen-bond donors (Lipinski definition) is 0. The summed E-state index contributed by atoms with van der Waals surface area (Å²) in [5, 5.41) is 0. The third kappa shape index (κ3) is 4.33. The molecule has 0 bridgehead atoms. The Morgan fingerprint density at radius 3 is 2.33 bits per heavy atom. The van der Waals surface area contributed by atoms with Crippen molar-refractivity contribution in [1.29, 1.82) is 0 Å². The molecule has 0 N–H and O–H groups in total. The molecular weight excluding hydrogens is 310 g/mol. The number of nitrogens with zero attached hydrogens (tertiary/aromatic N) is 3. The van der Waals surface area contributed by atoms with Gasteiger partial charge in [-0.05, 0) is 19.1 Å². The van der Waals surface area contributed by atoms with Gasteiger partial charge in [0.25, 0.3) is 10.0 Å². The highest BCUT2D eigenvalue weighted by Crippen LogP contribution is 2.16.